The van der Waals surface area contributed by atoms with E-state index >= 15 is 0 Å². The monoisotopic (exact) mass is 441 g/mol. The topological polar surface area (TPSA) is 96.5 Å². The molecule has 170 valence electrons. The number of aromatic nitrogens is 2. The van der Waals surface area contributed by atoms with Crippen LogP contribution in [0.3, 0.4) is 0 Å². The molecular formula is C23H28FN5O3. The van der Waals surface area contributed by atoms with Gasteiger partial charge in [0.1, 0.15) is 6.54 Å². The van der Waals surface area contributed by atoms with Crippen LogP contribution in [-0.4, -0.2) is 46.7 Å². The number of hydrogen-bond donors (Lipinski definition) is 2. The highest BCUT2D eigenvalue weighted by Crippen LogP contribution is 2.31. The van der Waals surface area contributed by atoms with Gasteiger partial charge < -0.3 is 15.0 Å². The van der Waals surface area contributed by atoms with E-state index in [0.717, 1.165) is 30.6 Å². The van der Waals surface area contributed by atoms with Gasteiger partial charge >= 0.3 is 6.03 Å². The van der Waals surface area contributed by atoms with E-state index in [1.165, 1.54) is 23.8 Å². The molecule has 2 fully saturated rings. The smallest absolute Gasteiger partial charge is 0.324 e. The standard InChI is InChI=1S/C23H28FN5O3/c1-15(17-6-9-20(24)21(11-17)32-14-16-4-5-16)25-10-2-3-18-7-8-19(28-27-18)12-29-13-22(30)26-23(29)31/h6-9,11,15-16,25H,2-5,10,12-14H2,1H3,(H,26,30,31)/t15-/m1/s1. The number of hydrogen-bond acceptors (Lipinski definition) is 6. The van der Waals surface area contributed by atoms with Crippen molar-refractivity contribution in [3.8, 4) is 5.75 Å². The molecule has 8 nitrogen and oxygen atoms in total. The maximum absolute atomic E-state index is 14.0. The van der Waals surface area contributed by atoms with Crippen LogP contribution in [0, 0.1) is 11.7 Å². The molecule has 0 radical (unpaired) electrons. The van der Waals surface area contributed by atoms with Crippen molar-refractivity contribution in [2.75, 3.05) is 19.7 Å². The van der Waals surface area contributed by atoms with Crippen LogP contribution in [0.25, 0.3) is 0 Å². The number of aryl methyl sites for hydroxylation is 1. The Morgan fingerprint density at radius 3 is 2.69 bits per heavy atom. The third kappa shape index (κ3) is 6.00. The molecule has 9 heteroatoms. The summed E-state index contributed by atoms with van der Waals surface area (Å²) in [6.45, 7) is 3.72. The third-order valence-electron chi connectivity index (χ3n) is 5.68. The van der Waals surface area contributed by atoms with Crippen molar-refractivity contribution in [3.05, 3.63) is 53.1 Å². The molecule has 1 saturated carbocycles. The number of rotatable bonds is 11. The predicted molar refractivity (Wildman–Crippen MR) is 115 cm³/mol. The van der Waals surface area contributed by atoms with E-state index in [-0.39, 0.29) is 30.9 Å². The van der Waals surface area contributed by atoms with Crippen molar-refractivity contribution in [3.63, 3.8) is 0 Å². The van der Waals surface area contributed by atoms with Gasteiger partial charge in [-0.3, -0.25) is 10.1 Å². The van der Waals surface area contributed by atoms with E-state index in [1.54, 1.807) is 12.1 Å². The summed E-state index contributed by atoms with van der Waals surface area (Å²) >= 11 is 0. The maximum Gasteiger partial charge on any atom is 0.324 e. The molecule has 1 saturated heterocycles. The minimum Gasteiger partial charge on any atom is -0.490 e. The second-order valence-corrected chi connectivity index (χ2v) is 8.45. The Kier molecular flexibility index (Phi) is 6.94. The number of amides is 3. The fraction of sp³-hybridized carbons (Fsp3) is 0.478. The van der Waals surface area contributed by atoms with Gasteiger partial charge in [0.2, 0.25) is 5.91 Å². The summed E-state index contributed by atoms with van der Waals surface area (Å²) < 4.78 is 19.6. The lowest BCUT2D eigenvalue weighted by molar-refractivity contribution is -0.118. The number of nitrogens with zero attached hydrogens (tertiary/aromatic N) is 3. The molecule has 0 spiro atoms. The van der Waals surface area contributed by atoms with Crippen molar-refractivity contribution < 1.29 is 18.7 Å². The number of imide groups is 1. The van der Waals surface area contributed by atoms with Gasteiger partial charge in [-0.05, 0) is 74.9 Å². The molecule has 1 aromatic carbocycles. The lowest BCUT2D eigenvalue weighted by atomic mass is 10.1. The number of halogens is 1. The quantitative estimate of drug-likeness (QED) is 0.411. The molecule has 2 aliphatic rings. The molecule has 1 aromatic heterocycles. The van der Waals surface area contributed by atoms with Crippen LogP contribution in [0.2, 0.25) is 0 Å². The zero-order chi connectivity index (χ0) is 22.5. The van der Waals surface area contributed by atoms with E-state index in [9.17, 15) is 14.0 Å². The minimum atomic E-state index is -0.399. The zero-order valence-corrected chi connectivity index (χ0v) is 18.1. The summed E-state index contributed by atoms with van der Waals surface area (Å²) in [4.78, 5) is 24.2. The van der Waals surface area contributed by atoms with Crippen LogP contribution in [-0.2, 0) is 17.8 Å². The molecule has 2 N–H and O–H groups in total. The Balaban J connectivity index is 1.19. The Labute approximate surface area is 186 Å². The molecule has 1 aliphatic heterocycles. The highest BCUT2D eigenvalue weighted by molar-refractivity contribution is 6.01. The Bertz CT molecular complexity index is 965. The highest BCUT2D eigenvalue weighted by atomic mass is 19.1. The Morgan fingerprint density at radius 2 is 2.00 bits per heavy atom. The number of benzene rings is 1. The molecule has 1 atom stereocenters. The van der Waals surface area contributed by atoms with Crippen LogP contribution in [0.5, 0.6) is 5.75 Å². The van der Waals surface area contributed by atoms with Gasteiger partial charge in [0, 0.05) is 6.04 Å². The predicted octanol–water partition coefficient (Wildman–Crippen LogP) is 2.74. The second kappa shape index (κ2) is 10.0. The van der Waals surface area contributed by atoms with Crippen molar-refractivity contribution in [2.24, 2.45) is 5.92 Å². The van der Waals surface area contributed by atoms with E-state index in [1.807, 2.05) is 19.1 Å². The molecule has 0 unspecified atom stereocenters. The van der Waals surface area contributed by atoms with Crippen molar-refractivity contribution in [2.45, 2.75) is 45.2 Å². The SMILES string of the molecule is C[C@@H](NCCCc1ccc(CN2CC(=O)NC2=O)nn1)c1ccc(F)c(OCC2CC2)c1. The molecule has 1 aliphatic carbocycles. The first kappa shape index (κ1) is 22.1. The third-order valence-corrected chi connectivity index (χ3v) is 5.68. The van der Waals surface area contributed by atoms with Crippen LogP contribution < -0.4 is 15.4 Å². The average Bonchev–Trinajstić information content (AvgIpc) is 3.55. The van der Waals surface area contributed by atoms with Gasteiger partial charge in [0.25, 0.3) is 0 Å². The van der Waals surface area contributed by atoms with Crippen LogP contribution in [0.4, 0.5) is 9.18 Å². The molecule has 2 aromatic rings. The molecular weight excluding hydrogens is 413 g/mol. The normalized spacial score (nSPS) is 16.9. The first-order valence-electron chi connectivity index (χ1n) is 11.0. The fourth-order valence-electron chi connectivity index (χ4n) is 3.51. The van der Waals surface area contributed by atoms with Crippen LogP contribution >= 0.6 is 0 Å². The first-order valence-corrected chi connectivity index (χ1v) is 11.0. The van der Waals surface area contributed by atoms with Crippen molar-refractivity contribution >= 4 is 11.9 Å². The van der Waals surface area contributed by atoms with E-state index in [2.05, 4.69) is 20.8 Å². The summed E-state index contributed by atoms with van der Waals surface area (Å²) in [5.74, 6) is 0.286. The number of ether oxygens (including phenoxy) is 1. The number of urea groups is 1. The van der Waals surface area contributed by atoms with Gasteiger partial charge in [-0.2, -0.15) is 10.2 Å². The molecule has 2 heterocycles. The molecule has 3 amide bonds. The van der Waals surface area contributed by atoms with E-state index in [4.69, 9.17) is 4.74 Å². The van der Waals surface area contributed by atoms with Gasteiger partial charge in [-0.25, -0.2) is 9.18 Å². The van der Waals surface area contributed by atoms with Gasteiger partial charge in [0.05, 0.1) is 24.5 Å². The summed E-state index contributed by atoms with van der Waals surface area (Å²) in [5, 5.41) is 14.1. The largest absolute Gasteiger partial charge is 0.490 e. The zero-order valence-electron chi connectivity index (χ0n) is 18.1. The maximum atomic E-state index is 14.0. The number of carbonyl (C=O) groups excluding carboxylic acids is 2. The van der Waals surface area contributed by atoms with Crippen molar-refractivity contribution in [1.82, 2.24) is 25.7 Å². The minimum absolute atomic E-state index is 0.0499. The molecule has 4 rings (SSSR count). The number of nitrogens with one attached hydrogen (secondary N) is 2. The summed E-state index contributed by atoms with van der Waals surface area (Å²) in [5.41, 5.74) is 2.50. The van der Waals surface area contributed by atoms with Crippen LogP contribution in [0.15, 0.2) is 30.3 Å². The van der Waals surface area contributed by atoms with Gasteiger partial charge in [0.15, 0.2) is 11.6 Å². The Morgan fingerprint density at radius 1 is 1.22 bits per heavy atom. The summed E-state index contributed by atoms with van der Waals surface area (Å²) in [7, 11) is 0. The lowest BCUT2D eigenvalue weighted by Gasteiger charge is -2.16. The Hall–Kier alpha value is -3.07. The van der Waals surface area contributed by atoms with Gasteiger partial charge in [-0.1, -0.05) is 6.07 Å². The van der Waals surface area contributed by atoms with Gasteiger partial charge in [-0.15, -0.1) is 0 Å². The fourth-order valence-corrected chi connectivity index (χ4v) is 3.51. The summed E-state index contributed by atoms with van der Waals surface area (Å²) in [6.07, 6.45) is 3.97. The lowest BCUT2D eigenvalue weighted by Crippen LogP contribution is -2.28. The first-order chi connectivity index (χ1) is 15.5. The highest BCUT2D eigenvalue weighted by Gasteiger charge is 2.27. The second-order valence-electron chi connectivity index (χ2n) is 8.45. The van der Waals surface area contributed by atoms with Crippen LogP contribution in [0.1, 0.15) is 49.2 Å². The summed E-state index contributed by atoms with van der Waals surface area (Å²) in [6, 6.07) is 8.43. The van der Waals surface area contributed by atoms with Crippen molar-refractivity contribution in [1.29, 1.82) is 0 Å². The average molecular weight is 442 g/mol. The van der Waals surface area contributed by atoms with E-state index in [0.29, 0.717) is 24.0 Å². The van der Waals surface area contributed by atoms with E-state index < -0.39 is 6.03 Å². The number of carbonyl (C=O) groups is 2. The molecule has 0 bridgehead atoms. The molecule has 32 heavy (non-hydrogen) atoms.